The maximum atomic E-state index is 12.8. The van der Waals surface area contributed by atoms with Gasteiger partial charge in [-0.3, -0.25) is 0 Å². The fourth-order valence-corrected chi connectivity index (χ4v) is 5.41. The van der Waals surface area contributed by atoms with Crippen LogP contribution in [0.1, 0.15) is 32.6 Å². The van der Waals surface area contributed by atoms with Crippen LogP contribution in [0.15, 0.2) is 23.1 Å². The van der Waals surface area contributed by atoms with Gasteiger partial charge in [-0.25, -0.2) is 8.42 Å². The fourth-order valence-electron chi connectivity index (χ4n) is 3.55. The van der Waals surface area contributed by atoms with Crippen molar-refractivity contribution in [1.29, 1.82) is 0 Å². The Hall–Kier alpha value is -0.930. The Balaban J connectivity index is 1.72. The number of nitrogens with one attached hydrogen (secondary N) is 2. The number of nitrogens with zero attached hydrogens (tertiary/aromatic N) is 1. The molecule has 150 valence electrons. The molecule has 1 aliphatic heterocycles. The van der Waals surface area contributed by atoms with Crippen LogP contribution in [0.25, 0.3) is 0 Å². The molecule has 27 heavy (non-hydrogen) atoms. The van der Waals surface area contributed by atoms with Crippen LogP contribution in [-0.2, 0) is 14.8 Å². The molecule has 0 amide bonds. The molecule has 2 atom stereocenters. The maximum absolute atomic E-state index is 12.8. The van der Waals surface area contributed by atoms with Crippen LogP contribution in [0.4, 0.5) is 5.69 Å². The molecule has 1 saturated carbocycles. The van der Waals surface area contributed by atoms with E-state index < -0.39 is 10.0 Å². The number of benzene rings is 1. The second-order valence-electron chi connectivity index (χ2n) is 7.12. The van der Waals surface area contributed by atoms with E-state index in [2.05, 4.69) is 17.6 Å². The van der Waals surface area contributed by atoms with E-state index in [1.807, 2.05) is 0 Å². The molecule has 1 aromatic rings. The number of sulfonamides is 1. The highest BCUT2D eigenvalue weighted by molar-refractivity contribution is 7.89. The van der Waals surface area contributed by atoms with Gasteiger partial charge in [0.2, 0.25) is 10.0 Å². The first-order valence-electron chi connectivity index (χ1n) is 9.33. The highest BCUT2D eigenvalue weighted by Gasteiger charge is 2.27. The molecular weight excluding hydrogens is 406 g/mol. The van der Waals surface area contributed by atoms with Gasteiger partial charge in [-0.1, -0.05) is 31.4 Å². The molecule has 0 aromatic heterocycles. The molecule has 0 bridgehead atoms. The zero-order chi connectivity index (χ0) is 19.4. The standard InChI is InChI=1S/C18H26ClN3O3S2/c1-13-4-2-3-5-16(13)20-18(26)21-17-12-14(6-7-15(17)19)27(23,24)22-8-10-25-11-9-22/h6-7,12-13,16H,2-5,8-11H2,1H3,(H2,20,21,26). The first-order chi connectivity index (χ1) is 12.9. The number of thiocarbonyl (C=S) groups is 1. The third-order valence-electron chi connectivity index (χ3n) is 5.22. The second-order valence-corrected chi connectivity index (χ2v) is 9.88. The lowest BCUT2D eigenvalue weighted by atomic mass is 9.86. The number of rotatable bonds is 4. The summed E-state index contributed by atoms with van der Waals surface area (Å²) in [6, 6.07) is 4.99. The minimum Gasteiger partial charge on any atom is -0.379 e. The van der Waals surface area contributed by atoms with Crippen molar-refractivity contribution in [2.24, 2.45) is 5.92 Å². The second kappa shape index (κ2) is 9.05. The number of ether oxygens (including phenoxy) is 1. The lowest BCUT2D eigenvalue weighted by Gasteiger charge is -2.30. The normalized spacial score (nSPS) is 24.4. The highest BCUT2D eigenvalue weighted by Crippen LogP contribution is 2.28. The van der Waals surface area contributed by atoms with Crippen molar-refractivity contribution in [1.82, 2.24) is 9.62 Å². The lowest BCUT2D eigenvalue weighted by molar-refractivity contribution is 0.0730. The minimum absolute atomic E-state index is 0.199. The van der Waals surface area contributed by atoms with Gasteiger partial charge < -0.3 is 15.4 Å². The molecule has 1 aromatic carbocycles. The first kappa shape index (κ1) is 20.8. The Bertz CT molecular complexity index is 782. The summed E-state index contributed by atoms with van der Waals surface area (Å²) in [5, 5.41) is 7.32. The van der Waals surface area contributed by atoms with E-state index in [1.54, 1.807) is 12.1 Å². The summed E-state index contributed by atoms with van der Waals surface area (Å²) in [5.74, 6) is 0.557. The van der Waals surface area contributed by atoms with Crippen molar-refractivity contribution >= 4 is 44.6 Å². The Kier molecular flexibility index (Phi) is 6.97. The monoisotopic (exact) mass is 431 g/mol. The average molecular weight is 432 g/mol. The summed E-state index contributed by atoms with van der Waals surface area (Å²) in [6.45, 7) is 3.75. The van der Waals surface area contributed by atoms with Crippen molar-refractivity contribution in [3.8, 4) is 0 Å². The van der Waals surface area contributed by atoms with Gasteiger partial charge in [0, 0.05) is 19.1 Å². The molecule has 2 fully saturated rings. The van der Waals surface area contributed by atoms with Gasteiger partial charge in [0.25, 0.3) is 0 Å². The number of anilines is 1. The molecule has 3 rings (SSSR count). The van der Waals surface area contributed by atoms with Crippen LogP contribution in [0, 0.1) is 5.92 Å². The van der Waals surface area contributed by atoms with Gasteiger partial charge in [-0.2, -0.15) is 4.31 Å². The smallest absolute Gasteiger partial charge is 0.243 e. The molecule has 2 N–H and O–H groups in total. The SMILES string of the molecule is CC1CCCCC1NC(=S)Nc1cc(S(=O)(=O)N2CCOCC2)ccc1Cl. The van der Waals surface area contributed by atoms with Gasteiger partial charge in [0.15, 0.2) is 5.11 Å². The van der Waals surface area contributed by atoms with Crippen molar-refractivity contribution in [3.63, 3.8) is 0 Å². The Labute approximate surface area is 171 Å². The van der Waals surface area contributed by atoms with Crippen LogP contribution in [0.3, 0.4) is 0 Å². The largest absolute Gasteiger partial charge is 0.379 e. The van der Waals surface area contributed by atoms with Crippen molar-refractivity contribution < 1.29 is 13.2 Å². The molecule has 0 spiro atoms. The minimum atomic E-state index is -3.58. The van der Waals surface area contributed by atoms with Gasteiger partial charge in [0.05, 0.1) is 28.8 Å². The van der Waals surface area contributed by atoms with E-state index in [-0.39, 0.29) is 4.90 Å². The molecule has 1 aliphatic carbocycles. The fraction of sp³-hybridized carbons (Fsp3) is 0.611. The highest BCUT2D eigenvalue weighted by atomic mass is 35.5. The third-order valence-corrected chi connectivity index (χ3v) is 7.67. The van der Waals surface area contributed by atoms with E-state index >= 15 is 0 Å². The Morgan fingerprint density at radius 1 is 1.26 bits per heavy atom. The zero-order valence-corrected chi connectivity index (χ0v) is 17.8. The predicted molar refractivity (Wildman–Crippen MR) is 112 cm³/mol. The van der Waals surface area contributed by atoms with E-state index in [4.69, 9.17) is 28.6 Å². The van der Waals surface area contributed by atoms with E-state index in [1.165, 1.54) is 29.6 Å². The maximum Gasteiger partial charge on any atom is 0.243 e. The van der Waals surface area contributed by atoms with Crippen molar-refractivity contribution in [2.75, 3.05) is 31.6 Å². The van der Waals surface area contributed by atoms with Gasteiger partial charge in [-0.05, 0) is 49.2 Å². The van der Waals surface area contributed by atoms with Crippen LogP contribution < -0.4 is 10.6 Å². The summed E-state index contributed by atoms with van der Waals surface area (Å²) >= 11 is 11.7. The van der Waals surface area contributed by atoms with Crippen LogP contribution in [0.2, 0.25) is 5.02 Å². The summed E-state index contributed by atoms with van der Waals surface area (Å²) < 4.78 is 32.4. The summed E-state index contributed by atoms with van der Waals surface area (Å²) in [4.78, 5) is 0.199. The van der Waals surface area contributed by atoms with Crippen molar-refractivity contribution in [3.05, 3.63) is 23.2 Å². The molecule has 1 heterocycles. The average Bonchev–Trinajstić information content (AvgIpc) is 2.66. The van der Waals surface area contributed by atoms with Crippen LogP contribution >= 0.6 is 23.8 Å². The number of hydrogen-bond donors (Lipinski definition) is 2. The van der Waals surface area contributed by atoms with Crippen molar-refractivity contribution in [2.45, 2.75) is 43.5 Å². The topological polar surface area (TPSA) is 70.7 Å². The number of morpholine rings is 1. The molecule has 2 aliphatic rings. The Morgan fingerprint density at radius 3 is 2.67 bits per heavy atom. The lowest BCUT2D eigenvalue weighted by Crippen LogP contribution is -2.43. The van der Waals surface area contributed by atoms with Gasteiger partial charge in [-0.15, -0.1) is 0 Å². The molecule has 2 unspecified atom stereocenters. The summed E-state index contributed by atoms with van der Waals surface area (Å²) in [6.07, 6.45) is 4.72. The molecular formula is C18H26ClN3O3S2. The van der Waals surface area contributed by atoms with E-state index in [0.717, 1.165) is 6.42 Å². The first-order valence-corrected chi connectivity index (χ1v) is 11.6. The van der Waals surface area contributed by atoms with Crippen LogP contribution in [0.5, 0.6) is 0 Å². The van der Waals surface area contributed by atoms with E-state index in [9.17, 15) is 8.42 Å². The number of hydrogen-bond acceptors (Lipinski definition) is 4. The van der Waals surface area contributed by atoms with Gasteiger partial charge >= 0.3 is 0 Å². The molecule has 9 heteroatoms. The quantitative estimate of drug-likeness (QED) is 0.713. The molecule has 1 saturated heterocycles. The molecule has 0 radical (unpaired) electrons. The van der Waals surface area contributed by atoms with E-state index in [0.29, 0.717) is 54.1 Å². The zero-order valence-electron chi connectivity index (χ0n) is 15.4. The van der Waals surface area contributed by atoms with Gasteiger partial charge in [0.1, 0.15) is 0 Å². The summed E-state index contributed by atoms with van der Waals surface area (Å²) in [7, 11) is -3.58. The Morgan fingerprint density at radius 2 is 1.96 bits per heavy atom. The number of halogens is 1. The molecule has 6 nitrogen and oxygen atoms in total. The predicted octanol–water partition coefficient (Wildman–Crippen LogP) is 3.23. The third kappa shape index (κ3) is 5.12. The van der Waals surface area contributed by atoms with Crippen LogP contribution in [-0.4, -0.2) is 50.2 Å². The summed E-state index contributed by atoms with van der Waals surface area (Å²) in [5.41, 5.74) is 0.493.